The van der Waals surface area contributed by atoms with Gasteiger partial charge in [0.2, 0.25) is 0 Å². The fourth-order valence-electron chi connectivity index (χ4n) is 2.08. The minimum atomic E-state index is -1.06. The van der Waals surface area contributed by atoms with Crippen molar-refractivity contribution >= 4 is 39.5 Å². The average Bonchev–Trinajstić information content (AvgIpc) is 3.03. The molecule has 1 unspecified atom stereocenters. The minimum absolute atomic E-state index is 0.133. The molecule has 26 heavy (non-hydrogen) atoms. The third-order valence-electron chi connectivity index (χ3n) is 3.24. The van der Waals surface area contributed by atoms with Crippen molar-refractivity contribution in [2.75, 3.05) is 13.7 Å². The number of nitrogens with one attached hydrogen (secondary N) is 2. The number of rotatable bonds is 5. The lowest BCUT2D eigenvalue weighted by atomic mass is 10.2. The summed E-state index contributed by atoms with van der Waals surface area (Å²) in [4.78, 5) is 40.2. The molecule has 0 radical (unpaired) electrons. The summed E-state index contributed by atoms with van der Waals surface area (Å²) in [5.74, 6) is -1.06. The summed E-state index contributed by atoms with van der Waals surface area (Å²) in [7, 11) is 1.20. The molecule has 2 N–H and O–H groups in total. The lowest BCUT2D eigenvalue weighted by Crippen LogP contribution is -2.50. The number of hydrogen-bond donors (Lipinski definition) is 2. The van der Waals surface area contributed by atoms with Crippen molar-refractivity contribution in [1.29, 1.82) is 0 Å². The van der Waals surface area contributed by atoms with Gasteiger partial charge in [0, 0.05) is 12.1 Å². The van der Waals surface area contributed by atoms with Crippen LogP contribution in [0, 0.1) is 0 Å². The Balaban J connectivity index is 2.00. The molecular formula is C17H21N3O5S. The smallest absolute Gasteiger partial charge is 0.408 e. The quantitative estimate of drug-likeness (QED) is 0.771. The number of thiazole rings is 1. The molecule has 0 aliphatic rings. The molecule has 2 rings (SSSR count). The Hall–Kier alpha value is -2.68. The highest BCUT2D eigenvalue weighted by atomic mass is 32.1. The predicted molar refractivity (Wildman–Crippen MR) is 97.1 cm³/mol. The Labute approximate surface area is 154 Å². The number of methoxy groups -OCH3 is 1. The van der Waals surface area contributed by atoms with Crippen LogP contribution in [0.25, 0.3) is 10.2 Å². The highest BCUT2D eigenvalue weighted by molar-refractivity contribution is 7.16. The molecule has 0 saturated carbocycles. The monoisotopic (exact) mass is 379 g/mol. The molecule has 9 heteroatoms. The normalized spacial score (nSPS) is 12.3. The van der Waals surface area contributed by atoms with E-state index >= 15 is 0 Å². The van der Waals surface area contributed by atoms with Crippen LogP contribution >= 0.6 is 11.3 Å². The first-order valence-corrected chi connectivity index (χ1v) is 8.76. The number of amides is 2. The molecule has 0 saturated heterocycles. The maximum atomic E-state index is 12.3. The second-order valence-electron chi connectivity index (χ2n) is 6.47. The van der Waals surface area contributed by atoms with E-state index in [1.165, 1.54) is 18.4 Å². The van der Waals surface area contributed by atoms with Crippen molar-refractivity contribution in [3.8, 4) is 0 Å². The Morgan fingerprint density at radius 2 is 2.00 bits per heavy atom. The SMILES string of the molecule is COC(=O)C(CNC(=O)c1ccc2ncsc2c1)NC(=O)OC(C)(C)C. The van der Waals surface area contributed by atoms with Gasteiger partial charge in [-0.15, -0.1) is 11.3 Å². The second-order valence-corrected chi connectivity index (χ2v) is 7.35. The number of alkyl carbamates (subject to hydrolysis) is 1. The molecule has 1 heterocycles. The van der Waals surface area contributed by atoms with Crippen molar-refractivity contribution in [2.24, 2.45) is 0 Å². The van der Waals surface area contributed by atoms with Gasteiger partial charge in [0.1, 0.15) is 11.6 Å². The number of esters is 1. The lowest BCUT2D eigenvalue weighted by Gasteiger charge is -2.22. The molecule has 1 aromatic heterocycles. The average molecular weight is 379 g/mol. The highest BCUT2D eigenvalue weighted by Gasteiger charge is 2.25. The Morgan fingerprint density at radius 3 is 2.65 bits per heavy atom. The number of ether oxygens (including phenoxy) is 2. The van der Waals surface area contributed by atoms with Gasteiger partial charge in [-0.3, -0.25) is 4.79 Å². The maximum Gasteiger partial charge on any atom is 0.408 e. The lowest BCUT2D eigenvalue weighted by molar-refractivity contribution is -0.142. The van der Waals surface area contributed by atoms with Gasteiger partial charge in [-0.1, -0.05) is 0 Å². The minimum Gasteiger partial charge on any atom is -0.467 e. The zero-order chi connectivity index (χ0) is 19.3. The van der Waals surface area contributed by atoms with E-state index in [1.54, 1.807) is 44.5 Å². The number of benzene rings is 1. The maximum absolute atomic E-state index is 12.3. The van der Waals surface area contributed by atoms with Crippen LogP contribution in [-0.2, 0) is 14.3 Å². The van der Waals surface area contributed by atoms with Gasteiger partial charge in [0.25, 0.3) is 5.91 Å². The van der Waals surface area contributed by atoms with Crippen LogP contribution < -0.4 is 10.6 Å². The van der Waals surface area contributed by atoms with E-state index in [-0.39, 0.29) is 12.5 Å². The third-order valence-corrected chi connectivity index (χ3v) is 4.03. The molecular weight excluding hydrogens is 358 g/mol. The molecule has 0 bridgehead atoms. The van der Waals surface area contributed by atoms with Crippen LogP contribution in [0.4, 0.5) is 4.79 Å². The van der Waals surface area contributed by atoms with Crippen LogP contribution in [0.3, 0.4) is 0 Å². The molecule has 0 fully saturated rings. The van der Waals surface area contributed by atoms with E-state index < -0.39 is 23.7 Å². The summed E-state index contributed by atoms with van der Waals surface area (Å²) in [6, 6.07) is 4.05. The standard InChI is InChI=1S/C17H21N3O5S/c1-17(2,3)25-16(23)20-12(15(22)24-4)8-18-14(21)10-5-6-11-13(7-10)26-9-19-11/h5-7,9,12H,8H2,1-4H3,(H,18,21)(H,20,23). The summed E-state index contributed by atoms with van der Waals surface area (Å²) < 4.78 is 10.7. The number of hydrogen-bond acceptors (Lipinski definition) is 7. The molecule has 140 valence electrons. The Bertz CT molecular complexity index is 812. The molecule has 0 spiro atoms. The molecule has 1 aromatic carbocycles. The van der Waals surface area contributed by atoms with E-state index in [2.05, 4.69) is 20.4 Å². The van der Waals surface area contributed by atoms with E-state index in [0.29, 0.717) is 5.56 Å². The van der Waals surface area contributed by atoms with E-state index in [9.17, 15) is 14.4 Å². The van der Waals surface area contributed by atoms with Crippen LogP contribution in [0.1, 0.15) is 31.1 Å². The van der Waals surface area contributed by atoms with Crippen LogP contribution in [0.15, 0.2) is 23.7 Å². The molecule has 8 nitrogen and oxygen atoms in total. The summed E-state index contributed by atoms with van der Waals surface area (Å²) >= 11 is 1.43. The number of nitrogens with zero attached hydrogens (tertiary/aromatic N) is 1. The number of aromatic nitrogens is 1. The Morgan fingerprint density at radius 1 is 1.27 bits per heavy atom. The fourth-order valence-corrected chi connectivity index (χ4v) is 2.79. The van der Waals surface area contributed by atoms with Gasteiger partial charge in [-0.25, -0.2) is 14.6 Å². The van der Waals surface area contributed by atoms with E-state index in [0.717, 1.165) is 10.2 Å². The fraction of sp³-hybridized carbons (Fsp3) is 0.412. The number of carbonyl (C=O) groups is 3. The molecule has 2 amide bonds. The third kappa shape index (κ3) is 5.41. The summed E-state index contributed by atoms with van der Waals surface area (Å²) in [6.07, 6.45) is -0.770. The Kier molecular flexibility index (Phi) is 6.14. The summed E-state index contributed by atoms with van der Waals surface area (Å²) in [5, 5.41) is 5.01. The molecule has 0 aliphatic heterocycles. The van der Waals surface area contributed by atoms with Crippen molar-refractivity contribution in [3.05, 3.63) is 29.3 Å². The van der Waals surface area contributed by atoms with Crippen LogP contribution in [0.5, 0.6) is 0 Å². The number of carbonyl (C=O) groups excluding carboxylic acids is 3. The zero-order valence-electron chi connectivity index (χ0n) is 15.0. The van der Waals surface area contributed by atoms with Crippen LogP contribution in [-0.4, -0.2) is 48.3 Å². The van der Waals surface area contributed by atoms with E-state index in [1.807, 2.05) is 0 Å². The van der Waals surface area contributed by atoms with Gasteiger partial charge < -0.3 is 20.1 Å². The predicted octanol–water partition coefficient (Wildman–Crippen LogP) is 2.09. The molecule has 1 atom stereocenters. The first-order valence-electron chi connectivity index (χ1n) is 7.88. The van der Waals surface area contributed by atoms with Crippen molar-refractivity contribution < 1.29 is 23.9 Å². The van der Waals surface area contributed by atoms with Crippen molar-refractivity contribution in [1.82, 2.24) is 15.6 Å². The topological polar surface area (TPSA) is 107 Å². The number of fused-ring (bicyclic) bond motifs is 1. The highest BCUT2D eigenvalue weighted by Crippen LogP contribution is 2.19. The van der Waals surface area contributed by atoms with Gasteiger partial charge in [-0.2, -0.15) is 0 Å². The second kappa shape index (κ2) is 8.13. The van der Waals surface area contributed by atoms with Gasteiger partial charge in [0.15, 0.2) is 0 Å². The summed E-state index contributed by atoms with van der Waals surface area (Å²) in [6.45, 7) is 4.98. The molecule has 0 aliphatic carbocycles. The van der Waals surface area contributed by atoms with Gasteiger partial charge >= 0.3 is 12.1 Å². The van der Waals surface area contributed by atoms with Gasteiger partial charge in [-0.05, 0) is 39.0 Å². The zero-order valence-corrected chi connectivity index (χ0v) is 15.8. The first kappa shape index (κ1) is 19.6. The van der Waals surface area contributed by atoms with Crippen molar-refractivity contribution in [2.45, 2.75) is 32.4 Å². The largest absolute Gasteiger partial charge is 0.467 e. The summed E-state index contributed by atoms with van der Waals surface area (Å²) in [5.41, 5.74) is 2.23. The molecule has 2 aromatic rings. The van der Waals surface area contributed by atoms with Crippen molar-refractivity contribution in [3.63, 3.8) is 0 Å². The van der Waals surface area contributed by atoms with E-state index in [4.69, 9.17) is 4.74 Å². The van der Waals surface area contributed by atoms with Crippen LogP contribution in [0.2, 0.25) is 0 Å². The first-order chi connectivity index (χ1) is 12.2. The van der Waals surface area contributed by atoms with Gasteiger partial charge in [0.05, 0.1) is 22.8 Å².